The third kappa shape index (κ3) is 5.03. The van der Waals surface area contributed by atoms with Crippen LogP contribution in [0.15, 0.2) is 30.3 Å². The van der Waals surface area contributed by atoms with E-state index in [1.165, 1.54) is 4.52 Å². The van der Waals surface area contributed by atoms with Crippen LogP contribution in [0.2, 0.25) is 0 Å². The van der Waals surface area contributed by atoms with Gasteiger partial charge in [0.05, 0.1) is 6.61 Å². The Bertz CT molecular complexity index is 983. The number of ether oxygens (including phenoxy) is 1. The predicted molar refractivity (Wildman–Crippen MR) is 93.6 cm³/mol. The van der Waals surface area contributed by atoms with Crippen LogP contribution in [0.3, 0.4) is 0 Å². The summed E-state index contributed by atoms with van der Waals surface area (Å²) >= 11 is 0. The highest BCUT2D eigenvalue weighted by Crippen LogP contribution is 2.16. The van der Waals surface area contributed by atoms with Crippen molar-refractivity contribution < 1.29 is 22.7 Å². The Hall–Kier alpha value is -3.01. The van der Waals surface area contributed by atoms with Crippen LogP contribution in [0.4, 0.5) is 13.2 Å². The van der Waals surface area contributed by atoms with Gasteiger partial charge in [-0.3, -0.25) is 4.79 Å². The third-order valence-electron chi connectivity index (χ3n) is 3.83. The van der Waals surface area contributed by atoms with Crippen molar-refractivity contribution >= 4 is 11.7 Å². The molecule has 1 aromatic carbocycles. The van der Waals surface area contributed by atoms with E-state index in [9.17, 15) is 18.0 Å². The summed E-state index contributed by atoms with van der Waals surface area (Å²) in [6.45, 7) is 2.48. The summed E-state index contributed by atoms with van der Waals surface area (Å²) in [5, 5.41) is 6.86. The molecule has 2 heterocycles. The van der Waals surface area contributed by atoms with Crippen molar-refractivity contribution in [3.63, 3.8) is 0 Å². The second-order valence-electron chi connectivity index (χ2n) is 6.29. The average Bonchev–Trinajstić information content (AvgIpc) is 3.04. The number of rotatable bonds is 6. The summed E-state index contributed by atoms with van der Waals surface area (Å²) in [6, 6.07) is 8.55. The van der Waals surface area contributed by atoms with Crippen LogP contribution in [0.1, 0.15) is 33.1 Å². The minimum absolute atomic E-state index is 0.0124. The zero-order valence-corrected chi connectivity index (χ0v) is 15.2. The van der Waals surface area contributed by atoms with Gasteiger partial charge in [-0.25, -0.2) is 9.50 Å². The largest absolute Gasteiger partial charge is 0.411 e. The Morgan fingerprint density at radius 1 is 1.14 bits per heavy atom. The van der Waals surface area contributed by atoms with Crippen LogP contribution in [-0.2, 0) is 17.9 Å². The van der Waals surface area contributed by atoms with E-state index in [0.29, 0.717) is 11.3 Å². The number of aromatic nitrogens is 4. The predicted octanol–water partition coefficient (Wildman–Crippen LogP) is 2.75. The first kappa shape index (κ1) is 19.7. The van der Waals surface area contributed by atoms with E-state index in [-0.39, 0.29) is 19.0 Å². The average molecular weight is 393 g/mol. The molecule has 10 heteroatoms. The first-order valence-corrected chi connectivity index (χ1v) is 8.43. The molecule has 148 valence electrons. The molecule has 1 amide bonds. The number of alkyl halides is 3. The lowest BCUT2D eigenvalue weighted by atomic mass is 10.1. The number of hydrogen-bond donors (Lipinski definition) is 1. The van der Waals surface area contributed by atoms with Crippen LogP contribution in [0, 0.1) is 13.8 Å². The van der Waals surface area contributed by atoms with Crippen LogP contribution in [0.25, 0.3) is 5.78 Å². The summed E-state index contributed by atoms with van der Waals surface area (Å²) in [4.78, 5) is 20.7. The Labute approximate surface area is 158 Å². The van der Waals surface area contributed by atoms with E-state index in [1.807, 2.05) is 19.9 Å². The van der Waals surface area contributed by atoms with Gasteiger partial charge in [-0.2, -0.15) is 18.2 Å². The highest BCUT2D eigenvalue weighted by molar-refractivity contribution is 5.90. The lowest BCUT2D eigenvalue weighted by molar-refractivity contribution is -0.176. The van der Waals surface area contributed by atoms with Gasteiger partial charge in [0, 0.05) is 17.9 Å². The number of aryl methyl sites for hydroxylation is 2. The smallest absolute Gasteiger partial charge is 0.367 e. The lowest BCUT2D eigenvalue weighted by Gasteiger charge is -2.08. The van der Waals surface area contributed by atoms with E-state index < -0.39 is 18.7 Å². The lowest BCUT2D eigenvalue weighted by Crippen LogP contribution is -2.24. The summed E-state index contributed by atoms with van der Waals surface area (Å²) in [5.74, 6) is -0.0793. The molecule has 2 aromatic heterocycles. The number of hydrogen-bond acceptors (Lipinski definition) is 5. The van der Waals surface area contributed by atoms with Crippen LogP contribution < -0.4 is 5.32 Å². The maximum absolute atomic E-state index is 12.3. The number of carbonyl (C=O) groups excluding carboxylic acids is 1. The number of nitrogens with one attached hydrogen (secondary N) is 1. The molecule has 0 bridgehead atoms. The monoisotopic (exact) mass is 393 g/mol. The number of amides is 1. The molecule has 28 heavy (non-hydrogen) atoms. The van der Waals surface area contributed by atoms with E-state index in [4.69, 9.17) is 0 Å². The molecule has 7 nitrogen and oxygen atoms in total. The van der Waals surface area contributed by atoms with Crippen molar-refractivity contribution in [2.75, 3.05) is 6.61 Å². The SMILES string of the molecule is Cc1cc(C)n2nc(C(=O)NCc3ccc(COCC(F)(F)F)cc3)nc2n1. The Balaban J connectivity index is 1.56. The Kier molecular flexibility index (Phi) is 5.59. The molecule has 0 saturated carbocycles. The topological polar surface area (TPSA) is 81.4 Å². The molecule has 3 rings (SSSR count). The summed E-state index contributed by atoms with van der Waals surface area (Å²) in [6.07, 6.45) is -4.34. The molecule has 0 radical (unpaired) electrons. The fraction of sp³-hybridized carbons (Fsp3) is 0.333. The molecule has 0 aliphatic carbocycles. The highest BCUT2D eigenvalue weighted by Gasteiger charge is 2.27. The maximum atomic E-state index is 12.3. The van der Waals surface area contributed by atoms with Gasteiger partial charge in [0.2, 0.25) is 5.82 Å². The maximum Gasteiger partial charge on any atom is 0.411 e. The third-order valence-corrected chi connectivity index (χ3v) is 3.83. The van der Waals surface area contributed by atoms with E-state index >= 15 is 0 Å². The van der Waals surface area contributed by atoms with Crippen molar-refractivity contribution in [3.8, 4) is 0 Å². The number of carbonyl (C=O) groups is 1. The van der Waals surface area contributed by atoms with Gasteiger partial charge < -0.3 is 10.1 Å². The molecule has 0 saturated heterocycles. The molecule has 3 aromatic rings. The van der Waals surface area contributed by atoms with Gasteiger partial charge in [0.15, 0.2) is 0 Å². The Morgan fingerprint density at radius 3 is 2.50 bits per heavy atom. The van der Waals surface area contributed by atoms with Gasteiger partial charge in [-0.15, -0.1) is 5.10 Å². The van der Waals surface area contributed by atoms with Crippen molar-refractivity contribution in [1.29, 1.82) is 0 Å². The molecular weight excluding hydrogens is 375 g/mol. The number of nitrogens with zero attached hydrogens (tertiary/aromatic N) is 4. The van der Waals surface area contributed by atoms with Crippen molar-refractivity contribution in [2.45, 2.75) is 33.2 Å². The van der Waals surface area contributed by atoms with Crippen LogP contribution >= 0.6 is 0 Å². The molecule has 1 N–H and O–H groups in total. The number of fused-ring (bicyclic) bond motifs is 1. The first-order valence-electron chi connectivity index (χ1n) is 8.43. The van der Waals surface area contributed by atoms with E-state index in [0.717, 1.165) is 17.0 Å². The fourth-order valence-corrected chi connectivity index (χ4v) is 2.56. The van der Waals surface area contributed by atoms with E-state index in [1.54, 1.807) is 24.3 Å². The number of benzene rings is 1. The first-order chi connectivity index (χ1) is 13.2. The standard InChI is InChI=1S/C18H18F3N5O2/c1-11-7-12(2)26-17(23-11)24-15(25-26)16(27)22-8-13-3-5-14(6-4-13)9-28-10-18(19,20)21/h3-7H,8-10H2,1-2H3,(H,22,27). The zero-order chi connectivity index (χ0) is 20.3. The molecular formula is C18H18F3N5O2. The van der Waals surface area contributed by atoms with Gasteiger partial charge >= 0.3 is 6.18 Å². The summed E-state index contributed by atoms with van der Waals surface area (Å²) in [7, 11) is 0. The molecule has 0 fully saturated rings. The highest BCUT2D eigenvalue weighted by atomic mass is 19.4. The minimum atomic E-state index is -4.34. The summed E-state index contributed by atoms with van der Waals surface area (Å²) in [5.41, 5.74) is 2.99. The number of halogens is 3. The molecule has 0 atom stereocenters. The van der Waals surface area contributed by atoms with Crippen molar-refractivity contribution in [1.82, 2.24) is 24.9 Å². The second-order valence-corrected chi connectivity index (χ2v) is 6.29. The normalized spacial score (nSPS) is 11.8. The van der Waals surface area contributed by atoms with Crippen molar-refractivity contribution in [3.05, 3.63) is 58.7 Å². The summed E-state index contributed by atoms with van der Waals surface area (Å²) < 4.78 is 42.3. The van der Waals surface area contributed by atoms with Crippen LogP contribution in [0.5, 0.6) is 0 Å². The van der Waals surface area contributed by atoms with Crippen molar-refractivity contribution in [2.24, 2.45) is 0 Å². The van der Waals surface area contributed by atoms with Gasteiger partial charge in [0.1, 0.15) is 6.61 Å². The van der Waals surface area contributed by atoms with Crippen LogP contribution in [-0.4, -0.2) is 38.3 Å². The van der Waals surface area contributed by atoms with Gasteiger partial charge in [0.25, 0.3) is 11.7 Å². The van der Waals surface area contributed by atoms with Gasteiger partial charge in [-0.05, 0) is 31.0 Å². The fourth-order valence-electron chi connectivity index (χ4n) is 2.56. The van der Waals surface area contributed by atoms with E-state index in [2.05, 4.69) is 25.1 Å². The second kappa shape index (κ2) is 7.93. The molecule has 0 aliphatic heterocycles. The quantitative estimate of drug-likeness (QED) is 0.697. The zero-order valence-electron chi connectivity index (χ0n) is 15.2. The molecule has 0 aliphatic rings. The molecule has 0 spiro atoms. The van der Waals surface area contributed by atoms with Gasteiger partial charge in [-0.1, -0.05) is 24.3 Å². The Morgan fingerprint density at radius 2 is 1.82 bits per heavy atom. The molecule has 0 unspecified atom stereocenters. The minimum Gasteiger partial charge on any atom is -0.367 e.